The first-order valence-electron chi connectivity index (χ1n) is 5.35. The first kappa shape index (κ1) is 9.01. The van der Waals surface area contributed by atoms with Crippen molar-refractivity contribution >= 4 is 17.4 Å². The molecule has 3 aliphatic heterocycles. The summed E-state index contributed by atoms with van der Waals surface area (Å²) >= 11 is 5.84. The maximum atomic E-state index is 11.7. The lowest BCUT2D eigenvalue weighted by molar-refractivity contribution is 0.0856. The summed E-state index contributed by atoms with van der Waals surface area (Å²) in [5.74, 6) is 0.899. The molecule has 2 atom stereocenters. The fraction of sp³-hybridized carbons (Fsp3) is 0.600. The molecule has 16 heavy (non-hydrogen) atoms. The van der Waals surface area contributed by atoms with E-state index in [1.165, 1.54) is 0 Å². The van der Waals surface area contributed by atoms with Crippen molar-refractivity contribution < 1.29 is 4.74 Å². The van der Waals surface area contributed by atoms with E-state index in [9.17, 15) is 4.79 Å². The van der Waals surface area contributed by atoms with Gasteiger partial charge in [0.1, 0.15) is 11.0 Å². The van der Waals surface area contributed by atoms with Crippen LogP contribution in [0, 0.1) is 0 Å². The maximum absolute atomic E-state index is 11.7. The van der Waals surface area contributed by atoms with Crippen LogP contribution < -0.4 is 10.6 Å². The first-order chi connectivity index (χ1) is 7.68. The van der Waals surface area contributed by atoms with Crippen molar-refractivity contribution in [2.75, 3.05) is 18.1 Å². The Morgan fingerprint density at radius 2 is 2.50 bits per heavy atom. The second kappa shape index (κ2) is 2.60. The molecule has 2 fully saturated rings. The van der Waals surface area contributed by atoms with E-state index < -0.39 is 0 Å². The Hall–Kier alpha value is -1.07. The number of halogens is 1. The fourth-order valence-electron chi connectivity index (χ4n) is 3.18. The van der Waals surface area contributed by atoms with Crippen LogP contribution in [-0.4, -0.2) is 34.3 Å². The number of aromatic nitrogens is 2. The van der Waals surface area contributed by atoms with Crippen LogP contribution in [0.4, 0.5) is 5.82 Å². The average molecular weight is 240 g/mol. The third-order valence-corrected chi connectivity index (χ3v) is 4.03. The summed E-state index contributed by atoms with van der Waals surface area (Å²) in [6.07, 6.45) is 1.32. The smallest absolute Gasteiger partial charge is 0.350 e. The Morgan fingerprint density at radius 1 is 1.62 bits per heavy atom. The van der Waals surface area contributed by atoms with Gasteiger partial charge in [0, 0.05) is 19.0 Å². The van der Waals surface area contributed by atoms with Crippen LogP contribution in [0.25, 0.3) is 0 Å². The molecule has 0 aromatic carbocycles. The van der Waals surface area contributed by atoms with Crippen molar-refractivity contribution in [3.8, 4) is 0 Å². The number of hydrogen-bond acceptors (Lipinski definition) is 4. The van der Waals surface area contributed by atoms with Gasteiger partial charge in [0.2, 0.25) is 0 Å². The second-order valence-electron chi connectivity index (χ2n) is 4.78. The monoisotopic (exact) mass is 239 g/mol. The average Bonchev–Trinajstić information content (AvgIpc) is 2.85. The van der Waals surface area contributed by atoms with Gasteiger partial charge < -0.3 is 9.64 Å². The molecule has 84 valence electrons. The third kappa shape index (κ3) is 0.912. The molecule has 0 saturated carbocycles. The zero-order chi connectivity index (χ0) is 10.9. The normalized spacial score (nSPS) is 34.3. The van der Waals surface area contributed by atoms with E-state index >= 15 is 0 Å². The fourth-order valence-corrected chi connectivity index (χ4v) is 3.35. The van der Waals surface area contributed by atoms with E-state index in [0.29, 0.717) is 19.3 Å². The van der Waals surface area contributed by atoms with Crippen LogP contribution in [0.2, 0.25) is 5.15 Å². The van der Waals surface area contributed by atoms with Crippen molar-refractivity contribution in [1.82, 2.24) is 9.55 Å². The molecule has 4 heterocycles. The Bertz CT molecular complexity index is 543. The van der Waals surface area contributed by atoms with E-state index in [0.717, 1.165) is 18.8 Å². The number of anilines is 1. The topological polar surface area (TPSA) is 47.4 Å². The largest absolute Gasteiger partial charge is 0.374 e. The van der Waals surface area contributed by atoms with Crippen LogP contribution in [0.15, 0.2) is 10.9 Å². The molecule has 4 rings (SSSR count). The number of nitrogens with zero attached hydrogens (tertiary/aromatic N) is 3. The molecule has 1 aromatic heterocycles. The molecule has 0 radical (unpaired) electrons. The Morgan fingerprint density at radius 3 is 3.31 bits per heavy atom. The lowest BCUT2D eigenvalue weighted by Crippen LogP contribution is -2.46. The molecule has 1 aromatic rings. The van der Waals surface area contributed by atoms with Crippen molar-refractivity contribution in [1.29, 1.82) is 0 Å². The predicted molar refractivity (Wildman–Crippen MR) is 57.9 cm³/mol. The lowest BCUT2D eigenvalue weighted by Gasteiger charge is -2.32. The summed E-state index contributed by atoms with van der Waals surface area (Å²) in [6.45, 7) is 2.25. The summed E-state index contributed by atoms with van der Waals surface area (Å²) in [4.78, 5) is 17.8. The molecule has 0 N–H and O–H groups in total. The number of rotatable bonds is 0. The molecule has 0 unspecified atom stereocenters. The van der Waals surface area contributed by atoms with Gasteiger partial charge in [-0.1, -0.05) is 11.6 Å². The lowest BCUT2D eigenvalue weighted by atomic mass is 10.0. The molecule has 5 nitrogen and oxygen atoms in total. The van der Waals surface area contributed by atoms with Crippen LogP contribution in [-0.2, 0) is 11.3 Å². The van der Waals surface area contributed by atoms with Crippen molar-refractivity contribution in [3.63, 3.8) is 0 Å². The van der Waals surface area contributed by atoms with E-state index in [1.807, 2.05) is 0 Å². The molecule has 0 aliphatic carbocycles. The summed E-state index contributed by atoms with van der Waals surface area (Å²) in [5.41, 5.74) is -0.266. The predicted octanol–water partition coefficient (Wildman–Crippen LogP) is 0.258. The Balaban J connectivity index is 1.94. The zero-order valence-electron chi connectivity index (χ0n) is 8.52. The highest BCUT2D eigenvalue weighted by Crippen LogP contribution is 2.46. The summed E-state index contributed by atoms with van der Waals surface area (Å²) in [6, 6.07) is 1.78. The summed E-state index contributed by atoms with van der Waals surface area (Å²) in [7, 11) is 0. The van der Waals surface area contributed by atoms with E-state index in [4.69, 9.17) is 16.3 Å². The minimum Gasteiger partial charge on any atom is -0.374 e. The van der Waals surface area contributed by atoms with Crippen molar-refractivity contribution in [3.05, 3.63) is 21.7 Å². The standard InChI is InChI=1S/C10H10ClN3O2/c11-7-1-8-13(9(15)12-7)4-10-2-6(16-5-10)3-14(8)10/h1,6H,2-5H2/t6-,10+/m0/s1. The minimum absolute atomic E-state index is 0.0107. The Labute approximate surface area is 96.6 Å². The molecular formula is C10H10ClN3O2. The molecule has 0 amide bonds. The highest BCUT2D eigenvalue weighted by Gasteiger charge is 2.56. The number of morpholine rings is 1. The maximum Gasteiger partial charge on any atom is 0.350 e. The van der Waals surface area contributed by atoms with Crippen LogP contribution in [0.5, 0.6) is 0 Å². The SMILES string of the molecule is O=c1nc(Cl)cc2n1C[C@]13CO[C@H](CN21)C3. The minimum atomic E-state index is -0.255. The van der Waals surface area contributed by atoms with Gasteiger partial charge in [-0.3, -0.25) is 4.57 Å². The molecule has 1 spiro atoms. The van der Waals surface area contributed by atoms with E-state index in [2.05, 4.69) is 9.88 Å². The number of fused-ring (bicyclic) bond motifs is 3. The molecule has 6 heteroatoms. The van der Waals surface area contributed by atoms with Crippen LogP contribution in [0.3, 0.4) is 0 Å². The zero-order valence-corrected chi connectivity index (χ0v) is 9.28. The van der Waals surface area contributed by atoms with Gasteiger partial charge >= 0.3 is 5.69 Å². The van der Waals surface area contributed by atoms with Crippen molar-refractivity contribution in [2.24, 2.45) is 0 Å². The third-order valence-electron chi connectivity index (χ3n) is 3.84. The van der Waals surface area contributed by atoms with Crippen LogP contribution >= 0.6 is 11.6 Å². The van der Waals surface area contributed by atoms with Gasteiger partial charge in [0.05, 0.1) is 24.8 Å². The highest BCUT2D eigenvalue weighted by molar-refractivity contribution is 6.29. The summed E-state index contributed by atoms with van der Waals surface area (Å²) in [5, 5.41) is 0.275. The van der Waals surface area contributed by atoms with Crippen LogP contribution in [0.1, 0.15) is 6.42 Å². The number of hydrogen-bond donors (Lipinski definition) is 0. The second-order valence-corrected chi connectivity index (χ2v) is 5.17. The van der Waals surface area contributed by atoms with Gasteiger partial charge in [-0.2, -0.15) is 4.98 Å². The van der Waals surface area contributed by atoms with Gasteiger partial charge in [0.15, 0.2) is 0 Å². The molecule has 2 saturated heterocycles. The van der Waals surface area contributed by atoms with E-state index in [1.54, 1.807) is 10.6 Å². The quantitative estimate of drug-likeness (QED) is 0.610. The molecular weight excluding hydrogens is 230 g/mol. The van der Waals surface area contributed by atoms with E-state index in [-0.39, 0.29) is 16.4 Å². The van der Waals surface area contributed by atoms with Gasteiger partial charge in [-0.25, -0.2) is 4.79 Å². The van der Waals surface area contributed by atoms with Gasteiger partial charge in [-0.05, 0) is 0 Å². The van der Waals surface area contributed by atoms with Gasteiger partial charge in [-0.15, -0.1) is 0 Å². The highest BCUT2D eigenvalue weighted by atomic mass is 35.5. The van der Waals surface area contributed by atoms with Gasteiger partial charge in [0.25, 0.3) is 0 Å². The molecule has 3 aliphatic rings. The van der Waals surface area contributed by atoms with Crippen molar-refractivity contribution in [2.45, 2.75) is 24.6 Å². The first-order valence-corrected chi connectivity index (χ1v) is 5.72. The number of ether oxygens (including phenoxy) is 1. The summed E-state index contributed by atoms with van der Waals surface area (Å²) < 4.78 is 7.35. The molecule has 2 bridgehead atoms. The Kier molecular flexibility index (Phi) is 1.46.